The van der Waals surface area contributed by atoms with Crippen LogP contribution in [0.4, 0.5) is 0 Å². The van der Waals surface area contributed by atoms with E-state index in [1.165, 1.54) is 35.3 Å². The van der Waals surface area contributed by atoms with Crippen LogP contribution in [-0.4, -0.2) is 74.6 Å². The molecular weight excluding hydrogens is 352 g/mol. The maximum absolute atomic E-state index is 12.9. The van der Waals surface area contributed by atoms with Crippen molar-refractivity contribution in [3.05, 3.63) is 24.3 Å². The molecule has 0 unspecified atom stereocenters. The minimum atomic E-state index is -3.72. The topological polar surface area (TPSA) is 76.2 Å². The second kappa shape index (κ2) is 7.30. The molecule has 0 radical (unpaired) electrons. The fourth-order valence-electron chi connectivity index (χ4n) is 2.74. The van der Waals surface area contributed by atoms with Crippen molar-refractivity contribution in [2.24, 2.45) is 0 Å². The average Bonchev–Trinajstić information content (AvgIpc) is 3.12. The van der Waals surface area contributed by atoms with Gasteiger partial charge in [-0.05, 0) is 24.3 Å². The van der Waals surface area contributed by atoms with E-state index in [0.29, 0.717) is 37.8 Å². The lowest BCUT2D eigenvalue weighted by molar-refractivity contribution is -0.138. The predicted molar refractivity (Wildman–Crippen MR) is 90.5 cm³/mol. The number of nitrogens with zero attached hydrogens (tertiary/aromatic N) is 2. The van der Waals surface area contributed by atoms with Crippen molar-refractivity contribution in [2.75, 3.05) is 45.0 Å². The highest BCUT2D eigenvalue weighted by Gasteiger charge is 2.41. The molecular formula is C15H20N2O5S2. The van der Waals surface area contributed by atoms with E-state index in [4.69, 9.17) is 9.47 Å². The Morgan fingerprint density at radius 1 is 1.25 bits per heavy atom. The maximum atomic E-state index is 12.9. The summed E-state index contributed by atoms with van der Waals surface area (Å²) in [6.45, 7) is 2.01. The molecule has 0 bridgehead atoms. The van der Waals surface area contributed by atoms with Crippen LogP contribution in [0.25, 0.3) is 0 Å². The van der Waals surface area contributed by atoms with Crippen LogP contribution in [0, 0.1) is 0 Å². The van der Waals surface area contributed by atoms with Crippen LogP contribution in [-0.2, 0) is 19.6 Å². The average molecular weight is 372 g/mol. The third-order valence-electron chi connectivity index (χ3n) is 4.12. The summed E-state index contributed by atoms with van der Waals surface area (Å²) in [4.78, 5) is 14.6. The normalized spacial score (nSPS) is 22.5. The summed E-state index contributed by atoms with van der Waals surface area (Å²) < 4.78 is 37.4. The van der Waals surface area contributed by atoms with Crippen LogP contribution >= 0.6 is 11.8 Å². The second-order valence-electron chi connectivity index (χ2n) is 5.52. The van der Waals surface area contributed by atoms with Crippen molar-refractivity contribution in [3.8, 4) is 5.75 Å². The number of benzene rings is 1. The highest BCUT2D eigenvalue weighted by Crippen LogP contribution is 2.30. The van der Waals surface area contributed by atoms with Gasteiger partial charge in [0.15, 0.2) is 0 Å². The molecule has 1 amide bonds. The number of ether oxygens (including phenoxy) is 2. The summed E-state index contributed by atoms with van der Waals surface area (Å²) in [7, 11) is -2.19. The molecule has 0 spiro atoms. The van der Waals surface area contributed by atoms with Crippen molar-refractivity contribution in [3.63, 3.8) is 0 Å². The summed E-state index contributed by atoms with van der Waals surface area (Å²) >= 11 is 1.46. The highest BCUT2D eigenvalue weighted by atomic mass is 32.2. The summed E-state index contributed by atoms with van der Waals surface area (Å²) in [5.41, 5.74) is 0. The first kappa shape index (κ1) is 17.5. The van der Waals surface area contributed by atoms with Gasteiger partial charge in [0.25, 0.3) is 0 Å². The van der Waals surface area contributed by atoms with Gasteiger partial charge in [0.1, 0.15) is 11.8 Å². The van der Waals surface area contributed by atoms with E-state index in [9.17, 15) is 13.2 Å². The predicted octanol–water partition coefficient (Wildman–Crippen LogP) is 0.618. The zero-order chi connectivity index (χ0) is 17.2. The van der Waals surface area contributed by atoms with Crippen LogP contribution < -0.4 is 4.74 Å². The largest absolute Gasteiger partial charge is 0.497 e. The number of carbonyl (C=O) groups excluding carboxylic acids is 1. The zero-order valence-electron chi connectivity index (χ0n) is 13.4. The number of morpholine rings is 1. The molecule has 2 saturated heterocycles. The molecule has 0 aromatic heterocycles. The molecule has 7 nitrogen and oxygen atoms in total. The Bertz CT molecular complexity index is 686. The van der Waals surface area contributed by atoms with E-state index in [-0.39, 0.29) is 16.7 Å². The van der Waals surface area contributed by atoms with Crippen molar-refractivity contribution in [1.29, 1.82) is 0 Å². The molecule has 9 heteroatoms. The Morgan fingerprint density at radius 2 is 1.92 bits per heavy atom. The Kier molecular flexibility index (Phi) is 5.33. The lowest BCUT2D eigenvalue weighted by atomic mass is 10.2. The van der Waals surface area contributed by atoms with E-state index >= 15 is 0 Å². The SMILES string of the molecule is COc1ccc(S(=O)(=O)N2CSC[C@H]2C(=O)N2CCOCC2)cc1. The van der Waals surface area contributed by atoms with Crippen LogP contribution in [0.3, 0.4) is 0 Å². The first-order valence-electron chi connectivity index (χ1n) is 7.64. The standard InChI is InChI=1S/C15H20N2O5S2/c1-21-12-2-4-13(5-3-12)24(19,20)17-11-23-10-14(17)15(18)16-6-8-22-9-7-16/h2-5,14H,6-11H2,1H3/t14-/m0/s1. The second-order valence-corrected chi connectivity index (χ2v) is 8.41. The number of rotatable bonds is 4. The molecule has 1 aromatic carbocycles. The molecule has 0 aliphatic carbocycles. The number of sulfonamides is 1. The van der Waals surface area contributed by atoms with Gasteiger partial charge in [-0.15, -0.1) is 11.8 Å². The monoisotopic (exact) mass is 372 g/mol. The number of hydrogen-bond acceptors (Lipinski definition) is 6. The first-order chi connectivity index (χ1) is 11.5. The molecule has 2 aliphatic heterocycles. The van der Waals surface area contributed by atoms with E-state index in [0.717, 1.165) is 0 Å². The maximum Gasteiger partial charge on any atom is 0.244 e. The number of amides is 1. The van der Waals surface area contributed by atoms with Crippen molar-refractivity contribution in [1.82, 2.24) is 9.21 Å². The van der Waals surface area contributed by atoms with E-state index in [2.05, 4.69) is 0 Å². The molecule has 0 saturated carbocycles. The summed E-state index contributed by atoms with van der Waals surface area (Å²) in [5.74, 6) is 1.21. The van der Waals surface area contributed by atoms with Crippen LogP contribution in [0.1, 0.15) is 0 Å². The third kappa shape index (κ3) is 3.39. The van der Waals surface area contributed by atoms with Crippen LogP contribution in [0.15, 0.2) is 29.2 Å². The Labute approximate surface area is 145 Å². The minimum Gasteiger partial charge on any atom is -0.497 e. The van der Waals surface area contributed by atoms with Gasteiger partial charge < -0.3 is 14.4 Å². The fraction of sp³-hybridized carbons (Fsp3) is 0.533. The van der Waals surface area contributed by atoms with Gasteiger partial charge in [0, 0.05) is 18.8 Å². The van der Waals surface area contributed by atoms with E-state index in [1.54, 1.807) is 17.0 Å². The van der Waals surface area contributed by atoms with Gasteiger partial charge in [0.05, 0.1) is 31.1 Å². The summed E-state index contributed by atoms with van der Waals surface area (Å²) in [5, 5.41) is 0. The summed E-state index contributed by atoms with van der Waals surface area (Å²) in [6.07, 6.45) is 0. The molecule has 3 rings (SSSR count). The van der Waals surface area contributed by atoms with Crippen LogP contribution in [0.2, 0.25) is 0 Å². The van der Waals surface area contributed by atoms with Gasteiger partial charge in [-0.25, -0.2) is 8.42 Å². The Balaban J connectivity index is 1.81. The molecule has 2 aliphatic rings. The van der Waals surface area contributed by atoms with Gasteiger partial charge >= 0.3 is 0 Å². The van der Waals surface area contributed by atoms with Crippen molar-refractivity contribution >= 4 is 27.7 Å². The number of methoxy groups -OCH3 is 1. The molecule has 1 aromatic rings. The molecule has 132 valence electrons. The summed E-state index contributed by atoms with van der Waals surface area (Å²) in [6, 6.07) is 5.57. The third-order valence-corrected chi connectivity index (χ3v) is 7.16. The molecule has 2 heterocycles. The van der Waals surface area contributed by atoms with Crippen LogP contribution in [0.5, 0.6) is 5.75 Å². The molecule has 1 atom stereocenters. The molecule has 2 fully saturated rings. The quantitative estimate of drug-likeness (QED) is 0.771. The van der Waals surface area contributed by atoms with Gasteiger partial charge in [-0.3, -0.25) is 4.79 Å². The van der Waals surface area contributed by atoms with E-state index < -0.39 is 16.1 Å². The van der Waals surface area contributed by atoms with E-state index in [1.807, 2.05) is 0 Å². The molecule has 0 N–H and O–H groups in total. The minimum absolute atomic E-state index is 0.139. The first-order valence-corrected chi connectivity index (χ1v) is 10.2. The highest BCUT2D eigenvalue weighted by molar-refractivity contribution is 8.00. The van der Waals surface area contributed by atoms with Crippen molar-refractivity contribution < 1.29 is 22.7 Å². The Morgan fingerprint density at radius 3 is 2.54 bits per heavy atom. The van der Waals surface area contributed by atoms with Gasteiger partial charge in [0.2, 0.25) is 15.9 Å². The van der Waals surface area contributed by atoms with Gasteiger partial charge in [-0.2, -0.15) is 4.31 Å². The fourth-order valence-corrected chi connectivity index (χ4v) is 5.87. The lowest BCUT2D eigenvalue weighted by Gasteiger charge is -2.31. The zero-order valence-corrected chi connectivity index (χ0v) is 15.0. The number of hydrogen-bond donors (Lipinski definition) is 0. The lowest BCUT2D eigenvalue weighted by Crippen LogP contribution is -2.51. The smallest absolute Gasteiger partial charge is 0.244 e. The molecule has 24 heavy (non-hydrogen) atoms. The van der Waals surface area contributed by atoms with Gasteiger partial charge in [-0.1, -0.05) is 0 Å². The Hall–Kier alpha value is -1.29. The number of carbonyl (C=O) groups is 1. The van der Waals surface area contributed by atoms with Crippen molar-refractivity contribution in [2.45, 2.75) is 10.9 Å². The number of thioether (sulfide) groups is 1.